The molecule has 1 aromatic carbocycles. The number of nitrogens with zero attached hydrogens (tertiary/aromatic N) is 4. The summed E-state index contributed by atoms with van der Waals surface area (Å²) in [5, 5.41) is 8.68. The lowest BCUT2D eigenvalue weighted by atomic mass is 10.1. The number of anilines is 1. The van der Waals surface area contributed by atoms with Gasteiger partial charge in [-0.1, -0.05) is 0 Å². The minimum atomic E-state index is -0.327. The third kappa shape index (κ3) is 2.84. The van der Waals surface area contributed by atoms with Gasteiger partial charge in [0.05, 0.1) is 5.69 Å². The molecule has 6 heteroatoms. The third-order valence-electron chi connectivity index (χ3n) is 4.79. The number of piperazine rings is 1. The van der Waals surface area contributed by atoms with Gasteiger partial charge in [0.2, 0.25) is 0 Å². The number of aryl methyl sites for hydroxylation is 2. The van der Waals surface area contributed by atoms with Gasteiger partial charge in [-0.15, -0.1) is 5.10 Å². The van der Waals surface area contributed by atoms with E-state index in [0.29, 0.717) is 18.7 Å². The molecule has 2 aromatic rings. The summed E-state index contributed by atoms with van der Waals surface area (Å²) in [5.74, 6) is 0.533. The number of hydrogen-bond acceptors (Lipinski definition) is 4. The van der Waals surface area contributed by atoms with E-state index in [-0.39, 0.29) is 11.7 Å². The fourth-order valence-electron chi connectivity index (χ4n) is 3.39. The average molecular weight is 326 g/mol. The number of aromatic nitrogens is 2. The van der Waals surface area contributed by atoms with Crippen LogP contribution in [0.5, 0.6) is 0 Å². The van der Waals surface area contributed by atoms with Crippen molar-refractivity contribution < 1.29 is 9.18 Å². The van der Waals surface area contributed by atoms with Crippen LogP contribution in [0, 0.1) is 5.82 Å². The Bertz CT molecular complexity index is 754. The van der Waals surface area contributed by atoms with Gasteiger partial charge in [0.25, 0.3) is 5.91 Å². The SMILES string of the molecule is O=C(c1ccc(F)cc1)N1CCN(c2cc3c(nn2)CCC3)CC1. The summed E-state index contributed by atoms with van der Waals surface area (Å²) in [6, 6.07) is 7.87. The Morgan fingerprint density at radius 2 is 1.75 bits per heavy atom. The van der Waals surface area contributed by atoms with Crippen molar-refractivity contribution >= 4 is 11.7 Å². The number of hydrogen-bond donors (Lipinski definition) is 0. The molecule has 2 heterocycles. The Balaban J connectivity index is 1.41. The van der Waals surface area contributed by atoms with E-state index in [1.54, 1.807) is 0 Å². The summed E-state index contributed by atoms with van der Waals surface area (Å²) in [4.78, 5) is 16.5. The fourth-order valence-corrected chi connectivity index (χ4v) is 3.39. The van der Waals surface area contributed by atoms with Crippen molar-refractivity contribution in [3.63, 3.8) is 0 Å². The summed E-state index contributed by atoms with van der Waals surface area (Å²) in [7, 11) is 0. The van der Waals surface area contributed by atoms with Crippen LogP contribution in [0.1, 0.15) is 28.0 Å². The lowest BCUT2D eigenvalue weighted by molar-refractivity contribution is 0.0746. The van der Waals surface area contributed by atoms with Crippen LogP contribution < -0.4 is 4.90 Å². The van der Waals surface area contributed by atoms with E-state index in [2.05, 4.69) is 21.2 Å². The number of benzene rings is 1. The van der Waals surface area contributed by atoms with Crippen molar-refractivity contribution in [2.45, 2.75) is 19.3 Å². The molecule has 2 aliphatic rings. The third-order valence-corrected chi connectivity index (χ3v) is 4.79. The Hall–Kier alpha value is -2.50. The van der Waals surface area contributed by atoms with Gasteiger partial charge < -0.3 is 9.80 Å². The van der Waals surface area contributed by atoms with Crippen molar-refractivity contribution in [1.29, 1.82) is 0 Å². The number of rotatable bonds is 2. The zero-order valence-electron chi connectivity index (χ0n) is 13.4. The van der Waals surface area contributed by atoms with E-state index in [1.807, 2.05) is 4.90 Å². The maximum atomic E-state index is 13.0. The van der Waals surface area contributed by atoms with Crippen LogP contribution in [-0.2, 0) is 12.8 Å². The van der Waals surface area contributed by atoms with Crippen LogP contribution in [0.3, 0.4) is 0 Å². The molecule has 0 spiro atoms. The fraction of sp³-hybridized carbons (Fsp3) is 0.389. The summed E-state index contributed by atoms with van der Waals surface area (Å²) < 4.78 is 13.0. The van der Waals surface area contributed by atoms with Gasteiger partial charge in [-0.05, 0) is 55.2 Å². The molecule has 1 aliphatic carbocycles. The second-order valence-electron chi connectivity index (χ2n) is 6.31. The van der Waals surface area contributed by atoms with E-state index < -0.39 is 0 Å². The van der Waals surface area contributed by atoms with Gasteiger partial charge in [-0.25, -0.2) is 4.39 Å². The average Bonchev–Trinajstić information content (AvgIpc) is 3.09. The van der Waals surface area contributed by atoms with E-state index in [0.717, 1.165) is 43.9 Å². The van der Waals surface area contributed by atoms with Gasteiger partial charge in [0.15, 0.2) is 5.82 Å². The Kier molecular flexibility index (Phi) is 3.88. The predicted octanol–water partition coefficient (Wildman–Crippen LogP) is 2.07. The van der Waals surface area contributed by atoms with E-state index >= 15 is 0 Å². The highest BCUT2D eigenvalue weighted by molar-refractivity contribution is 5.94. The zero-order chi connectivity index (χ0) is 16.5. The predicted molar refractivity (Wildman–Crippen MR) is 88.6 cm³/mol. The summed E-state index contributed by atoms with van der Waals surface area (Å²) in [5.41, 5.74) is 2.97. The molecular weight excluding hydrogens is 307 g/mol. The minimum absolute atomic E-state index is 0.0466. The molecule has 24 heavy (non-hydrogen) atoms. The normalized spacial score (nSPS) is 17.0. The number of carbonyl (C=O) groups is 1. The smallest absolute Gasteiger partial charge is 0.253 e. The second-order valence-corrected chi connectivity index (χ2v) is 6.31. The maximum Gasteiger partial charge on any atom is 0.253 e. The molecule has 0 N–H and O–H groups in total. The monoisotopic (exact) mass is 326 g/mol. The molecule has 124 valence electrons. The maximum absolute atomic E-state index is 13.0. The molecule has 5 nitrogen and oxygen atoms in total. The Morgan fingerprint density at radius 1 is 1.00 bits per heavy atom. The number of carbonyl (C=O) groups excluding carboxylic acids is 1. The molecule has 1 fully saturated rings. The Labute approximate surface area is 140 Å². The highest BCUT2D eigenvalue weighted by Gasteiger charge is 2.24. The minimum Gasteiger partial charge on any atom is -0.352 e. The first kappa shape index (κ1) is 15.1. The molecular formula is C18H19FN4O. The first-order valence-corrected chi connectivity index (χ1v) is 8.36. The van der Waals surface area contributed by atoms with Crippen molar-refractivity contribution in [3.05, 3.63) is 53.0 Å². The van der Waals surface area contributed by atoms with Gasteiger partial charge in [0, 0.05) is 31.7 Å². The molecule has 1 aromatic heterocycles. The van der Waals surface area contributed by atoms with Crippen molar-refractivity contribution in [1.82, 2.24) is 15.1 Å². The highest BCUT2D eigenvalue weighted by atomic mass is 19.1. The van der Waals surface area contributed by atoms with Crippen LogP contribution >= 0.6 is 0 Å². The molecule has 1 aliphatic heterocycles. The first-order valence-electron chi connectivity index (χ1n) is 8.36. The molecule has 4 rings (SSSR count). The van der Waals surface area contributed by atoms with Crippen LogP contribution in [0.4, 0.5) is 10.2 Å². The Morgan fingerprint density at radius 3 is 2.50 bits per heavy atom. The van der Waals surface area contributed by atoms with Gasteiger partial charge in [-0.2, -0.15) is 5.10 Å². The van der Waals surface area contributed by atoms with Crippen LogP contribution in [0.2, 0.25) is 0 Å². The molecule has 0 saturated carbocycles. The van der Waals surface area contributed by atoms with Crippen molar-refractivity contribution in [2.24, 2.45) is 0 Å². The topological polar surface area (TPSA) is 49.3 Å². The standard InChI is InChI=1S/C18H19FN4O/c19-15-6-4-13(5-7-15)18(24)23-10-8-22(9-11-23)17-12-14-2-1-3-16(14)20-21-17/h4-7,12H,1-3,8-11H2. The molecule has 0 bridgehead atoms. The summed E-state index contributed by atoms with van der Waals surface area (Å²) >= 11 is 0. The van der Waals surface area contributed by atoms with Crippen molar-refractivity contribution in [2.75, 3.05) is 31.1 Å². The first-order chi connectivity index (χ1) is 11.7. The van der Waals surface area contributed by atoms with E-state index in [1.165, 1.54) is 29.8 Å². The van der Waals surface area contributed by atoms with Crippen LogP contribution in [-0.4, -0.2) is 47.2 Å². The molecule has 0 unspecified atom stereocenters. The lowest BCUT2D eigenvalue weighted by Gasteiger charge is -2.35. The van der Waals surface area contributed by atoms with Gasteiger partial charge in [0.1, 0.15) is 5.82 Å². The van der Waals surface area contributed by atoms with Crippen molar-refractivity contribution in [3.8, 4) is 0 Å². The highest BCUT2D eigenvalue weighted by Crippen LogP contribution is 2.23. The number of amides is 1. The molecule has 0 radical (unpaired) electrons. The van der Waals surface area contributed by atoms with Crippen LogP contribution in [0.25, 0.3) is 0 Å². The summed E-state index contributed by atoms with van der Waals surface area (Å²) in [6.07, 6.45) is 3.27. The van der Waals surface area contributed by atoms with Gasteiger partial charge in [-0.3, -0.25) is 4.79 Å². The number of fused-ring (bicyclic) bond motifs is 1. The second kappa shape index (κ2) is 6.19. The van der Waals surface area contributed by atoms with Gasteiger partial charge >= 0.3 is 0 Å². The summed E-state index contributed by atoms with van der Waals surface area (Å²) in [6.45, 7) is 2.74. The molecule has 1 saturated heterocycles. The number of halogens is 1. The van der Waals surface area contributed by atoms with E-state index in [4.69, 9.17) is 0 Å². The largest absolute Gasteiger partial charge is 0.352 e. The lowest BCUT2D eigenvalue weighted by Crippen LogP contribution is -2.49. The van der Waals surface area contributed by atoms with E-state index in [9.17, 15) is 9.18 Å². The zero-order valence-corrected chi connectivity index (χ0v) is 13.4. The van der Waals surface area contributed by atoms with Crippen LogP contribution in [0.15, 0.2) is 30.3 Å². The quantitative estimate of drug-likeness (QED) is 0.848. The molecule has 1 amide bonds. The molecule has 0 atom stereocenters.